The maximum absolute atomic E-state index is 12.9. The van der Waals surface area contributed by atoms with Crippen LogP contribution in [0, 0.1) is 0 Å². The smallest absolute Gasteiger partial charge is 0.453 e. The summed E-state index contributed by atoms with van der Waals surface area (Å²) in [4.78, 5) is 1.10. The van der Waals surface area contributed by atoms with Gasteiger partial charge in [-0.15, -0.1) is 11.8 Å². The number of unbranched alkanes of at least 4 members (excludes halogenated alkanes) is 2. The Bertz CT molecular complexity index is 1030. The van der Waals surface area contributed by atoms with Crippen LogP contribution in [0.15, 0.2) is 47.4 Å². The van der Waals surface area contributed by atoms with Gasteiger partial charge in [0.15, 0.2) is 0 Å². The first-order valence-corrected chi connectivity index (χ1v) is 15.4. The third-order valence-electron chi connectivity index (χ3n) is 7.25. The van der Waals surface area contributed by atoms with Crippen LogP contribution < -0.4 is 0 Å². The minimum absolute atomic E-state index is 0.136. The highest BCUT2D eigenvalue weighted by atomic mass is 32.2. The number of benzene rings is 2. The first kappa shape index (κ1) is 31.9. The predicted octanol–water partition coefficient (Wildman–Crippen LogP) is 8.92. The Hall–Kier alpha value is -1.65. The molecule has 218 valence electrons. The zero-order valence-corrected chi connectivity index (χ0v) is 23.7. The molecule has 0 amide bonds. The molecule has 2 aromatic carbocycles. The number of fused-ring (bicyclic) bond motifs is 1. The zero-order chi connectivity index (χ0) is 28.5. The number of alkyl halides is 5. The van der Waals surface area contributed by atoms with E-state index in [2.05, 4.69) is 6.92 Å². The van der Waals surface area contributed by atoms with Crippen molar-refractivity contribution in [3.63, 3.8) is 0 Å². The number of thioether (sulfide) groups is 2. The Morgan fingerprint density at radius 3 is 2.28 bits per heavy atom. The summed E-state index contributed by atoms with van der Waals surface area (Å²) in [5, 5.41) is 19.7. The first-order valence-electron chi connectivity index (χ1n) is 13.3. The second-order valence-corrected chi connectivity index (χ2v) is 12.5. The number of halogens is 5. The van der Waals surface area contributed by atoms with E-state index in [9.17, 15) is 32.2 Å². The van der Waals surface area contributed by atoms with E-state index in [4.69, 9.17) is 4.74 Å². The summed E-state index contributed by atoms with van der Waals surface area (Å²) in [6.45, 7) is 3.52. The van der Waals surface area contributed by atoms with Gasteiger partial charge in [-0.2, -0.15) is 33.7 Å². The molecule has 1 aliphatic rings. The van der Waals surface area contributed by atoms with Crippen LogP contribution in [-0.4, -0.2) is 52.8 Å². The number of ether oxygens (including phenoxy) is 1. The van der Waals surface area contributed by atoms with Crippen molar-refractivity contribution < 1.29 is 36.9 Å². The van der Waals surface area contributed by atoms with Gasteiger partial charge < -0.3 is 14.9 Å². The maximum Gasteiger partial charge on any atom is 0.453 e. The van der Waals surface area contributed by atoms with Gasteiger partial charge in [0.05, 0.1) is 0 Å². The van der Waals surface area contributed by atoms with Crippen molar-refractivity contribution in [1.82, 2.24) is 0 Å². The average Bonchev–Trinajstić information content (AvgIpc) is 2.87. The molecule has 1 heterocycles. The third-order valence-corrected chi connectivity index (χ3v) is 9.81. The van der Waals surface area contributed by atoms with Crippen LogP contribution in [0.3, 0.4) is 0 Å². The largest absolute Gasteiger partial charge is 0.508 e. The van der Waals surface area contributed by atoms with Gasteiger partial charge in [-0.3, -0.25) is 0 Å². The SMILES string of the molecule is C[C@]1(c2ccc(O)cc2)CSc2cc(O)ccc2[C@H]1CCCOCCCCCSCCCC(F)(F)C(F)(F)F. The molecule has 0 bridgehead atoms. The fraction of sp³-hybridized carbons (Fsp3) is 0.586. The molecule has 0 saturated heterocycles. The number of rotatable bonds is 15. The molecule has 2 aromatic rings. The summed E-state index contributed by atoms with van der Waals surface area (Å²) in [6, 6.07) is 13.0. The Labute approximate surface area is 235 Å². The average molecular weight is 593 g/mol. The van der Waals surface area contributed by atoms with Crippen LogP contribution in [0.25, 0.3) is 0 Å². The van der Waals surface area contributed by atoms with Crippen LogP contribution in [-0.2, 0) is 10.2 Å². The number of phenolic OH excluding ortho intramolecular Hbond substituents is 2. The summed E-state index contributed by atoms with van der Waals surface area (Å²) in [7, 11) is 0. The van der Waals surface area contributed by atoms with E-state index < -0.39 is 18.5 Å². The van der Waals surface area contributed by atoms with Gasteiger partial charge in [0.2, 0.25) is 0 Å². The number of aromatic hydroxyl groups is 2. The highest BCUT2D eigenvalue weighted by Crippen LogP contribution is 2.52. The van der Waals surface area contributed by atoms with E-state index in [-0.39, 0.29) is 29.3 Å². The van der Waals surface area contributed by atoms with Crippen LogP contribution in [0.4, 0.5) is 22.0 Å². The van der Waals surface area contributed by atoms with Gasteiger partial charge in [-0.1, -0.05) is 31.5 Å². The van der Waals surface area contributed by atoms with E-state index >= 15 is 0 Å². The van der Waals surface area contributed by atoms with E-state index in [1.54, 1.807) is 30.0 Å². The molecule has 39 heavy (non-hydrogen) atoms. The summed E-state index contributed by atoms with van der Waals surface area (Å²) in [6.07, 6.45) is -2.31. The van der Waals surface area contributed by atoms with Crippen molar-refractivity contribution in [3.05, 3.63) is 53.6 Å². The van der Waals surface area contributed by atoms with Gasteiger partial charge in [-0.05, 0) is 84.9 Å². The topological polar surface area (TPSA) is 49.7 Å². The molecule has 0 unspecified atom stereocenters. The molecule has 2 atom stereocenters. The van der Waals surface area contributed by atoms with Gasteiger partial charge in [0.1, 0.15) is 11.5 Å². The van der Waals surface area contributed by atoms with Crippen LogP contribution in [0.5, 0.6) is 11.5 Å². The molecule has 1 aliphatic heterocycles. The summed E-state index contributed by atoms with van der Waals surface area (Å²) < 4.78 is 68.1. The number of hydrogen-bond donors (Lipinski definition) is 2. The third kappa shape index (κ3) is 8.92. The molecule has 3 nitrogen and oxygen atoms in total. The molecule has 10 heteroatoms. The monoisotopic (exact) mass is 592 g/mol. The van der Waals surface area contributed by atoms with Crippen molar-refractivity contribution in [2.45, 2.75) is 80.2 Å². The van der Waals surface area contributed by atoms with Gasteiger partial charge in [0.25, 0.3) is 0 Å². The molecule has 0 aromatic heterocycles. The Kier molecular flexibility index (Phi) is 11.7. The van der Waals surface area contributed by atoms with E-state index in [1.165, 1.54) is 22.9 Å². The highest BCUT2D eigenvalue weighted by Gasteiger charge is 2.56. The fourth-order valence-corrected chi connectivity index (χ4v) is 7.29. The van der Waals surface area contributed by atoms with E-state index in [1.807, 2.05) is 24.3 Å². The number of phenols is 2. The summed E-state index contributed by atoms with van der Waals surface area (Å²) in [5.74, 6) is -1.96. The molecule has 0 aliphatic carbocycles. The molecule has 0 fully saturated rings. The second-order valence-electron chi connectivity index (χ2n) is 10.3. The van der Waals surface area contributed by atoms with Gasteiger partial charge >= 0.3 is 12.1 Å². The molecule has 0 spiro atoms. The van der Waals surface area contributed by atoms with Crippen molar-refractivity contribution >= 4 is 23.5 Å². The standard InChI is InChI=1S/C29H37F5O3S2/c1-27(21-8-10-22(35)11-9-21)20-39-26-19-23(36)12-13-24(26)25(27)7-5-16-37-15-3-2-4-17-38-18-6-14-28(30,31)29(32,33)34/h8-13,19,25,35-36H,2-7,14-18,20H2,1H3/t25-,27-/m1/s1. The Morgan fingerprint density at radius 2 is 1.56 bits per heavy atom. The molecular formula is C29H37F5O3S2. The molecule has 0 saturated carbocycles. The lowest BCUT2D eigenvalue weighted by Gasteiger charge is -2.43. The predicted molar refractivity (Wildman–Crippen MR) is 148 cm³/mol. The fourth-order valence-electron chi connectivity index (χ4n) is 4.92. The van der Waals surface area contributed by atoms with Crippen LogP contribution in [0.1, 0.15) is 68.9 Å². The van der Waals surface area contributed by atoms with Crippen LogP contribution >= 0.6 is 23.5 Å². The summed E-state index contributed by atoms with van der Waals surface area (Å²) >= 11 is 3.16. The summed E-state index contributed by atoms with van der Waals surface area (Å²) in [5.41, 5.74) is 2.26. The molecular weight excluding hydrogens is 555 g/mol. The lowest BCUT2D eigenvalue weighted by atomic mass is 9.68. The minimum Gasteiger partial charge on any atom is -0.508 e. The Morgan fingerprint density at radius 1 is 0.897 bits per heavy atom. The highest BCUT2D eigenvalue weighted by molar-refractivity contribution is 7.99. The quantitative estimate of drug-likeness (QED) is 0.160. The Balaban J connectivity index is 1.36. The second kappa shape index (κ2) is 14.3. The lowest BCUT2D eigenvalue weighted by molar-refractivity contribution is -0.284. The van der Waals surface area contributed by atoms with Crippen molar-refractivity contribution in [2.24, 2.45) is 0 Å². The van der Waals surface area contributed by atoms with Crippen molar-refractivity contribution in [3.8, 4) is 11.5 Å². The van der Waals surface area contributed by atoms with E-state index in [0.29, 0.717) is 19.0 Å². The minimum atomic E-state index is -5.46. The van der Waals surface area contributed by atoms with Crippen molar-refractivity contribution in [2.75, 3.05) is 30.5 Å². The van der Waals surface area contributed by atoms with Gasteiger partial charge in [0, 0.05) is 35.7 Å². The zero-order valence-electron chi connectivity index (χ0n) is 22.1. The lowest BCUT2D eigenvalue weighted by Crippen LogP contribution is -2.36. The molecule has 2 N–H and O–H groups in total. The molecule has 3 rings (SSSR count). The normalized spacial score (nSPS) is 19.7. The van der Waals surface area contributed by atoms with Crippen molar-refractivity contribution in [1.29, 1.82) is 0 Å². The maximum atomic E-state index is 12.9. The van der Waals surface area contributed by atoms with Crippen LogP contribution in [0.2, 0.25) is 0 Å². The number of hydrogen-bond acceptors (Lipinski definition) is 5. The van der Waals surface area contributed by atoms with E-state index in [0.717, 1.165) is 48.5 Å². The molecule has 0 radical (unpaired) electrons. The van der Waals surface area contributed by atoms with Gasteiger partial charge in [-0.25, -0.2) is 0 Å². The first-order chi connectivity index (χ1) is 18.4.